The van der Waals surface area contributed by atoms with Crippen molar-refractivity contribution in [3.63, 3.8) is 0 Å². The van der Waals surface area contributed by atoms with E-state index < -0.39 is 5.97 Å². The monoisotopic (exact) mass is 284 g/mol. The van der Waals surface area contributed by atoms with Crippen molar-refractivity contribution in [2.75, 3.05) is 26.2 Å². The molecule has 1 aromatic rings. The van der Waals surface area contributed by atoms with Crippen LogP contribution >= 0.6 is 0 Å². The molecule has 1 aromatic carbocycles. The summed E-state index contributed by atoms with van der Waals surface area (Å²) in [7, 11) is 0. The lowest BCUT2D eigenvalue weighted by Gasteiger charge is -2.00. The maximum absolute atomic E-state index is 10.3. The molecule has 0 fully saturated rings. The number of carboxylic acids is 1. The Morgan fingerprint density at radius 2 is 1.80 bits per heavy atom. The molecule has 0 aliphatic rings. The molecule has 0 bridgehead atoms. The van der Waals surface area contributed by atoms with Gasteiger partial charge in [0.05, 0.1) is 0 Å². The summed E-state index contributed by atoms with van der Waals surface area (Å²) in [6, 6.07) is 5.81. The highest BCUT2D eigenvalue weighted by atomic mass is 16.4. The first-order chi connectivity index (χ1) is 9.63. The predicted octanol–water partition coefficient (Wildman–Crippen LogP) is 0.788. The van der Waals surface area contributed by atoms with Crippen LogP contribution in [0.15, 0.2) is 24.3 Å². The zero-order chi connectivity index (χ0) is 15.2. The zero-order valence-corrected chi connectivity index (χ0v) is 11.6. The quantitative estimate of drug-likeness (QED) is 0.451. The Bertz CT molecular complexity index is 364. The first kappa shape index (κ1) is 18.4. The Kier molecular flexibility index (Phi) is 11.4. The fraction of sp³-hybridized carbons (Fsp3) is 0.500. The third-order valence-corrected chi connectivity index (χ3v) is 2.45. The lowest BCUT2D eigenvalue weighted by molar-refractivity contribution is 0.0693. The molecule has 114 valence electrons. The van der Waals surface area contributed by atoms with Crippen LogP contribution in [0, 0.1) is 0 Å². The molecule has 0 atom stereocenters. The number of carbonyl (C=O) groups is 1. The normalized spacial score (nSPS) is 9.70. The molecule has 6 nitrogen and oxygen atoms in total. The van der Waals surface area contributed by atoms with Crippen molar-refractivity contribution < 1.29 is 20.1 Å². The summed E-state index contributed by atoms with van der Waals surface area (Å²) in [5.74, 6) is -1.31. The minimum atomic E-state index is -1.11. The highest BCUT2D eigenvalue weighted by Crippen LogP contribution is 2.14. The zero-order valence-electron chi connectivity index (χ0n) is 11.6. The molecule has 0 unspecified atom stereocenters. The molecule has 0 aromatic heterocycles. The molecule has 6 N–H and O–H groups in total. The summed E-state index contributed by atoms with van der Waals surface area (Å²) in [6.07, 6.45) is 3.08. The minimum absolute atomic E-state index is 0.0671. The van der Waals surface area contributed by atoms with Gasteiger partial charge in [0.15, 0.2) is 0 Å². The Morgan fingerprint density at radius 1 is 1.15 bits per heavy atom. The van der Waals surface area contributed by atoms with E-state index in [9.17, 15) is 4.79 Å². The van der Waals surface area contributed by atoms with Crippen LogP contribution < -0.4 is 11.1 Å². The van der Waals surface area contributed by atoms with Crippen LogP contribution in [-0.2, 0) is 0 Å². The van der Waals surface area contributed by atoms with E-state index in [1.165, 1.54) is 12.1 Å². The third-order valence-electron chi connectivity index (χ3n) is 2.45. The summed E-state index contributed by atoms with van der Waals surface area (Å²) in [5.41, 5.74) is 5.23. The van der Waals surface area contributed by atoms with E-state index in [0.29, 0.717) is 0 Å². The molecular weight excluding hydrogens is 260 g/mol. The Hall–Kier alpha value is -1.63. The number of unbranched alkanes of at least 4 members (excludes halogenated alkanes) is 1. The van der Waals surface area contributed by atoms with E-state index in [2.05, 4.69) is 5.32 Å². The summed E-state index contributed by atoms with van der Waals surface area (Å²) >= 11 is 0. The van der Waals surface area contributed by atoms with Crippen LogP contribution in [0.5, 0.6) is 5.75 Å². The lowest BCUT2D eigenvalue weighted by atomic mass is 10.2. The summed E-state index contributed by atoms with van der Waals surface area (Å²) in [5, 5.41) is 28.9. The molecule has 20 heavy (non-hydrogen) atoms. The van der Waals surface area contributed by atoms with Gasteiger partial charge in [0.25, 0.3) is 0 Å². The number of carboxylic acid groups (broad SMARTS) is 1. The number of aromatic hydroxyl groups is 1. The van der Waals surface area contributed by atoms with Gasteiger partial charge in [-0.3, -0.25) is 0 Å². The number of phenols is 1. The number of rotatable bonds is 8. The van der Waals surface area contributed by atoms with Crippen LogP contribution in [-0.4, -0.2) is 47.5 Å². The number of benzene rings is 1. The van der Waals surface area contributed by atoms with Crippen LogP contribution in [0.25, 0.3) is 0 Å². The molecule has 6 heteroatoms. The molecule has 1 rings (SSSR count). The Balaban J connectivity index is 0.000000361. The summed E-state index contributed by atoms with van der Waals surface area (Å²) < 4.78 is 0. The van der Waals surface area contributed by atoms with Crippen LogP contribution in [0.2, 0.25) is 0 Å². The summed E-state index contributed by atoms with van der Waals surface area (Å²) in [4.78, 5) is 10.3. The molecule has 0 spiro atoms. The molecular formula is C14H24N2O4. The van der Waals surface area contributed by atoms with Gasteiger partial charge in [-0.15, -0.1) is 0 Å². The minimum Gasteiger partial charge on any atom is -0.507 e. The molecule has 0 radical (unpaired) electrons. The van der Waals surface area contributed by atoms with E-state index in [-0.39, 0.29) is 17.9 Å². The van der Waals surface area contributed by atoms with Crippen molar-refractivity contribution in [2.45, 2.75) is 19.3 Å². The number of hydrogen-bond acceptors (Lipinski definition) is 5. The predicted molar refractivity (Wildman–Crippen MR) is 77.9 cm³/mol. The van der Waals surface area contributed by atoms with Gasteiger partial charge in [-0.2, -0.15) is 0 Å². The molecule has 0 amide bonds. The Morgan fingerprint density at radius 3 is 2.30 bits per heavy atom. The van der Waals surface area contributed by atoms with Crippen molar-refractivity contribution in [1.29, 1.82) is 0 Å². The Labute approximate surface area is 119 Å². The standard InChI is InChI=1S/C7H18N2O.C7H6O3/c8-4-1-2-5-9-6-3-7-10;8-6-4-2-1-3-5(6)7(9)10/h9-10H,1-8H2;1-4,8H,(H,9,10). The van der Waals surface area contributed by atoms with Gasteiger partial charge in [0, 0.05) is 6.61 Å². The maximum Gasteiger partial charge on any atom is 0.339 e. The van der Waals surface area contributed by atoms with Gasteiger partial charge >= 0.3 is 5.97 Å². The van der Waals surface area contributed by atoms with E-state index in [1.54, 1.807) is 12.1 Å². The lowest BCUT2D eigenvalue weighted by Crippen LogP contribution is -2.18. The summed E-state index contributed by atoms with van der Waals surface area (Å²) in [6.45, 7) is 3.00. The van der Waals surface area contributed by atoms with Crippen molar-refractivity contribution in [1.82, 2.24) is 5.32 Å². The third kappa shape index (κ3) is 9.32. The van der Waals surface area contributed by atoms with Gasteiger partial charge in [0.1, 0.15) is 11.3 Å². The number of aliphatic hydroxyl groups is 1. The van der Waals surface area contributed by atoms with Gasteiger partial charge in [-0.25, -0.2) is 4.79 Å². The van der Waals surface area contributed by atoms with Crippen molar-refractivity contribution in [2.24, 2.45) is 5.73 Å². The number of hydrogen-bond donors (Lipinski definition) is 5. The van der Waals surface area contributed by atoms with Gasteiger partial charge < -0.3 is 26.4 Å². The average Bonchev–Trinajstić information content (AvgIpc) is 2.44. The van der Waals surface area contributed by atoms with Crippen LogP contribution in [0.4, 0.5) is 0 Å². The molecule has 0 saturated carbocycles. The van der Waals surface area contributed by atoms with E-state index >= 15 is 0 Å². The average molecular weight is 284 g/mol. The number of nitrogens with one attached hydrogen (secondary N) is 1. The second-order valence-electron chi connectivity index (χ2n) is 4.15. The number of para-hydroxylation sites is 1. The topological polar surface area (TPSA) is 116 Å². The maximum atomic E-state index is 10.3. The first-order valence-corrected chi connectivity index (χ1v) is 6.66. The van der Waals surface area contributed by atoms with E-state index in [1.807, 2.05) is 0 Å². The number of aromatic carboxylic acids is 1. The molecule has 0 saturated heterocycles. The largest absolute Gasteiger partial charge is 0.507 e. The van der Waals surface area contributed by atoms with Crippen molar-refractivity contribution in [3.8, 4) is 5.75 Å². The fourth-order valence-electron chi connectivity index (χ4n) is 1.38. The van der Waals surface area contributed by atoms with Gasteiger partial charge in [-0.1, -0.05) is 12.1 Å². The second-order valence-corrected chi connectivity index (χ2v) is 4.15. The first-order valence-electron chi connectivity index (χ1n) is 6.66. The van der Waals surface area contributed by atoms with Crippen molar-refractivity contribution >= 4 is 5.97 Å². The van der Waals surface area contributed by atoms with Gasteiger partial charge in [-0.05, 0) is 51.0 Å². The van der Waals surface area contributed by atoms with Crippen LogP contribution in [0.3, 0.4) is 0 Å². The number of aliphatic hydroxyl groups excluding tert-OH is 1. The van der Waals surface area contributed by atoms with Crippen LogP contribution in [0.1, 0.15) is 29.6 Å². The molecule has 0 heterocycles. The van der Waals surface area contributed by atoms with Gasteiger partial charge in [0.2, 0.25) is 0 Å². The SMILES string of the molecule is NCCCCNCCCO.O=C(O)c1ccccc1O. The second kappa shape index (κ2) is 12.4. The van der Waals surface area contributed by atoms with Crippen molar-refractivity contribution in [3.05, 3.63) is 29.8 Å². The highest BCUT2D eigenvalue weighted by molar-refractivity contribution is 5.90. The van der Waals surface area contributed by atoms with E-state index in [0.717, 1.165) is 38.9 Å². The van der Waals surface area contributed by atoms with E-state index in [4.69, 9.17) is 21.1 Å². The molecule has 0 aliphatic heterocycles. The number of nitrogens with two attached hydrogens (primary N) is 1. The molecule has 0 aliphatic carbocycles. The highest BCUT2D eigenvalue weighted by Gasteiger charge is 2.05. The smallest absolute Gasteiger partial charge is 0.339 e. The fourth-order valence-corrected chi connectivity index (χ4v) is 1.38.